The van der Waals surface area contributed by atoms with Gasteiger partial charge in [0, 0.05) is 12.8 Å². The molecule has 0 aliphatic heterocycles. The minimum Gasteiger partial charge on any atom is -0.481 e. The van der Waals surface area contributed by atoms with Crippen molar-refractivity contribution in [3.63, 3.8) is 0 Å². The summed E-state index contributed by atoms with van der Waals surface area (Å²) in [5.74, 6) is -1.07. The summed E-state index contributed by atoms with van der Waals surface area (Å²) in [5, 5.41) is 17.6. The molecule has 0 aromatic carbocycles. The number of carboxylic acids is 2. The van der Waals surface area contributed by atoms with E-state index < -0.39 is 11.9 Å². The van der Waals surface area contributed by atoms with E-state index in [1.807, 2.05) is 27.7 Å². The standard InChI is InChI=1S/C13H24O4/c1-9(2)13(10(3)4,7-5-11(14)15)8-6-12(16)17/h9-10H,5-8H2,1-4H3,(H,14,15)(H,16,17). The number of carboxylic acid groups (broad SMARTS) is 2. The summed E-state index contributed by atoms with van der Waals surface area (Å²) >= 11 is 0. The zero-order valence-corrected chi connectivity index (χ0v) is 11.2. The van der Waals surface area contributed by atoms with Gasteiger partial charge in [0.15, 0.2) is 0 Å². The third-order valence-electron chi connectivity index (χ3n) is 3.91. The van der Waals surface area contributed by atoms with Crippen molar-refractivity contribution in [2.45, 2.75) is 53.4 Å². The van der Waals surface area contributed by atoms with Crippen molar-refractivity contribution >= 4 is 11.9 Å². The van der Waals surface area contributed by atoms with Gasteiger partial charge in [0.05, 0.1) is 0 Å². The van der Waals surface area contributed by atoms with Crippen LogP contribution in [-0.4, -0.2) is 22.2 Å². The highest BCUT2D eigenvalue weighted by Crippen LogP contribution is 2.44. The van der Waals surface area contributed by atoms with Crippen LogP contribution in [0.3, 0.4) is 0 Å². The topological polar surface area (TPSA) is 74.6 Å². The van der Waals surface area contributed by atoms with Crippen molar-refractivity contribution < 1.29 is 19.8 Å². The van der Waals surface area contributed by atoms with Gasteiger partial charge in [-0.1, -0.05) is 27.7 Å². The lowest BCUT2D eigenvalue weighted by Gasteiger charge is -2.41. The lowest BCUT2D eigenvalue weighted by molar-refractivity contribution is -0.138. The second-order valence-electron chi connectivity index (χ2n) is 5.33. The Morgan fingerprint density at radius 3 is 1.35 bits per heavy atom. The Kier molecular flexibility index (Phi) is 6.21. The molecule has 4 nitrogen and oxygen atoms in total. The van der Waals surface area contributed by atoms with E-state index in [1.165, 1.54) is 0 Å². The normalized spacial score (nSPS) is 12.1. The highest BCUT2D eigenvalue weighted by Gasteiger charge is 2.37. The van der Waals surface area contributed by atoms with Crippen LogP contribution in [-0.2, 0) is 9.59 Å². The lowest BCUT2D eigenvalue weighted by atomic mass is 9.63. The molecule has 0 saturated carbocycles. The van der Waals surface area contributed by atoms with Gasteiger partial charge in [0.2, 0.25) is 0 Å². The van der Waals surface area contributed by atoms with Crippen LogP contribution < -0.4 is 0 Å². The molecule has 4 heteroatoms. The van der Waals surface area contributed by atoms with Crippen molar-refractivity contribution in [1.82, 2.24) is 0 Å². The average Bonchev–Trinajstić information content (AvgIpc) is 2.16. The van der Waals surface area contributed by atoms with Gasteiger partial charge in [-0.3, -0.25) is 9.59 Å². The number of hydrogen-bond acceptors (Lipinski definition) is 2. The fourth-order valence-electron chi connectivity index (χ4n) is 2.63. The van der Waals surface area contributed by atoms with E-state index >= 15 is 0 Å². The molecular formula is C13H24O4. The molecule has 0 atom stereocenters. The second kappa shape index (κ2) is 6.62. The first-order valence-electron chi connectivity index (χ1n) is 6.16. The average molecular weight is 244 g/mol. The van der Waals surface area contributed by atoms with Gasteiger partial charge in [0.25, 0.3) is 0 Å². The maximum Gasteiger partial charge on any atom is 0.303 e. The molecule has 0 saturated heterocycles. The van der Waals surface area contributed by atoms with Gasteiger partial charge in [-0.15, -0.1) is 0 Å². The Hall–Kier alpha value is -1.06. The molecule has 100 valence electrons. The molecule has 0 rings (SSSR count). The van der Waals surface area contributed by atoms with E-state index in [2.05, 4.69) is 0 Å². The molecule has 0 bridgehead atoms. The molecule has 0 aromatic rings. The third-order valence-corrected chi connectivity index (χ3v) is 3.91. The first kappa shape index (κ1) is 15.9. The lowest BCUT2D eigenvalue weighted by Crippen LogP contribution is -2.34. The number of carbonyl (C=O) groups is 2. The number of aliphatic carboxylic acids is 2. The SMILES string of the molecule is CC(C)C(CCC(=O)O)(CCC(=O)O)C(C)C. The minimum absolute atomic E-state index is 0.107. The summed E-state index contributed by atoms with van der Waals surface area (Å²) in [6, 6.07) is 0. The molecule has 2 N–H and O–H groups in total. The van der Waals surface area contributed by atoms with Crippen LogP contribution in [0.4, 0.5) is 0 Å². The molecule has 0 aliphatic rings. The van der Waals surface area contributed by atoms with Gasteiger partial charge in [0.1, 0.15) is 0 Å². The molecule has 0 fully saturated rings. The van der Waals surface area contributed by atoms with E-state index in [9.17, 15) is 9.59 Å². The largest absolute Gasteiger partial charge is 0.481 e. The van der Waals surface area contributed by atoms with Crippen LogP contribution in [0.2, 0.25) is 0 Å². The van der Waals surface area contributed by atoms with Crippen molar-refractivity contribution in [1.29, 1.82) is 0 Å². The zero-order chi connectivity index (χ0) is 13.6. The van der Waals surface area contributed by atoms with Crippen LogP contribution >= 0.6 is 0 Å². The Labute approximate surface area is 103 Å². The smallest absolute Gasteiger partial charge is 0.303 e. The van der Waals surface area contributed by atoms with Crippen LogP contribution in [0.15, 0.2) is 0 Å². The molecule has 0 aromatic heterocycles. The van der Waals surface area contributed by atoms with E-state index in [1.54, 1.807) is 0 Å². The van der Waals surface area contributed by atoms with Crippen LogP contribution in [0, 0.1) is 17.3 Å². The van der Waals surface area contributed by atoms with Crippen molar-refractivity contribution in [2.24, 2.45) is 17.3 Å². The Bertz CT molecular complexity index is 241. The van der Waals surface area contributed by atoms with Crippen LogP contribution in [0.25, 0.3) is 0 Å². The van der Waals surface area contributed by atoms with Crippen LogP contribution in [0.5, 0.6) is 0 Å². The summed E-state index contributed by atoms with van der Waals surface area (Å²) in [6.07, 6.45) is 1.31. The molecule has 0 spiro atoms. The maximum absolute atomic E-state index is 10.7. The van der Waals surface area contributed by atoms with Crippen molar-refractivity contribution in [2.75, 3.05) is 0 Å². The Morgan fingerprint density at radius 1 is 0.882 bits per heavy atom. The fourth-order valence-corrected chi connectivity index (χ4v) is 2.63. The maximum atomic E-state index is 10.7. The predicted molar refractivity (Wildman–Crippen MR) is 65.8 cm³/mol. The van der Waals surface area contributed by atoms with Crippen LogP contribution in [0.1, 0.15) is 53.4 Å². The van der Waals surface area contributed by atoms with Crippen molar-refractivity contribution in [3.8, 4) is 0 Å². The molecule has 0 amide bonds. The molecular weight excluding hydrogens is 220 g/mol. The zero-order valence-electron chi connectivity index (χ0n) is 11.2. The second-order valence-corrected chi connectivity index (χ2v) is 5.33. The van der Waals surface area contributed by atoms with E-state index in [0.717, 1.165) is 0 Å². The highest BCUT2D eigenvalue weighted by atomic mass is 16.4. The Morgan fingerprint density at radius 2 is 1.18 bits per heavy atom. The third kappa shape index (κ3) is 4.75. The summed E-state index contributed by atoms with van der Waals surface area (Å²) < 4.78 is 0. The molecule has 17 heavy (non-hydrogen) atoms. The summed E-state index contributed by atoms with van der Waals surface area (Å²) in [6.45, 7) is 8.18. The fraction of sp³-hybridized carbons (Fsp3) is 0.846. The number of rotatable bonds is 8. The molecule has 0 unspecified atom stereocenters. The van der Waals surface area contributed by atoms with Gasteiger partial charge >= 0.3 is 11.9 Å². The molecule has 0 radical (unpaired) electrons. The molecule has 0 heterocycles. The van der Waals surface area contributed by atoms with E-state index in [0.29, 0.717) is 12.8 Å². The Balaban J connectivity index is 4.85. The van der Waals surface area contributed by atoms with E-state index in [-0.39, 0.29) is 30.1 Å². The first-order chi connectivity index (χ1) is 7.72. The van der Waals surface area contributed by atoms with E-state index in [4.69, 9.17) is 10.2 Å². The summed E-state index contributed by atoms with van der Waals surface area (Å²) in [5.41, 5.74) is -0.198. The predicted octanol–water partition coefficient (Wildman–Crippen LogP) is 3.01. The van der Waals surface area contributed by atoms with Gasteiger partial charge in [-0.2, -0.15) is 0 Å². The highest BCUT2D eigenvalue weighted by molar-refractivity contribution is 5.67. The van der Waals surface area contributed by atoms with Crippen molar-refractivity contribution in [3.05, 3.63) is 0 Å². The van der Waals surface area contributed by atoms with Gasteiger partial charge < -0.3 is 10.2 Å². The number of hydrogen-bond donors (Lipinski definition) is 2. The van der Waals surface area contributed by atoms with Gasteiger partial charge in [-0.25, -0.2) is 0 Å². The van der Waals surface area contributed by atoms with Gasteiger partial charge in [-0.05, 0) is 30.1 Å². The molecule has 0 aliphatic carbocycles. The summed E-state index contributed by atoms with van der Waals surface area (Å²) in [7, 11) is 0. The first-order valence-corrected chi connectivity index (χ1v) is 6.16. The quantitative estimate of drug-likeness (QED) is 0.688. The monoisotopic (exact) mass is 244 g/mol. The minimum atomic E-state index is -0.814. The summed E-state index contributed by atoms with van der Waals surface area (Å²) in [4.78, 5) is 21.4.